The maximum Gasteiger partial charge on any atom is 0.217 e. The minimum absolute atomic E-state index is 0.130. The molecule has 1 amide bonds. The van der Waals surface area contributed by atoms with Gasteiger partial charge in [-0.1, -0.05) is 0 Å². The van der Waals surface area contributed by atoms with Gasteiger partial charge in [0.15, 0.2) is 6.29 Å². The van der Waals surface area contributed by atoms with Crippen LogP contribution in [0.5, 0.6) is 0 Å². The number of hydrogen-bond donors (Lipinski definition) is 3. The Morgan fingerprint density at radius 1 is 1.41 bits per heavy atom. The van der Waals surface area contributed by atoms with Crippen LogP contribution in [0.25, 0.3) is 0 Å². The van der Waals surface area contributed by atoms with Crippen molar-refractivity contribution >= 4 is 5.91 Å². The molecule has 1 aliphatic rings. The van der Waals surface area contributed by atoms with Crippen LogP contribution in [0.3, 0.4) is 0 Å². The lowest BCUT2D eigenvalue weighted by atomic mass is 9.97. The van der Waals surface area contributed by atoms with Gasteiger partial charge in [-0.2, -0.15) is 0 Å². The molecule has 1 fully saturated rings. The lowest BCUT2D eigenvalue weighted by molar-refractivity contribution is -0.259. The van der Waals surface area contributed by atoms with Gasteiger partial charge in [0.1, 0.15) is 24.4 Å². The molecule has 0 bridgehead atoms. The summed E-state index contributed by atoms with van der Waals surface area (Å²) in [6, 6.07) is -0.805. The summed E-state index contributed by atoms with van der Waals surface area (Å²) in [5.74, 6) is -0.336. The fourth-order valence-corrected chi connectivity index (χ4v) is 1.91. The molecule has 3 N–H and O–H groups in total. The molecule has 7 heteroatoms. The van der Waals surface area contributed by atoms with Crippen LogP contribution in [0.4, 0.5) is 0 Å². The Labute approximate surface area is 99.7 Å². The molecule has 0 aliphatic carbocycles. The highest BCUT2D eigenvalue weighted by molar-refractivity contribution is 5.73. The predicted octanol–water partition coefficient (Wildman–Crippen LogP) is -1.77. The normalized spacial score (nSPS) is 37.8. The third-order valence-electron chi connectivity index (χ3n) is 2.67. The van der Waals surface area contributed by atoms with Crippen molar-refractivity contribution in [1.82, 2.24) is 5.32 Å². The summed E-state index contributed by atoms with van der Waals surface area (Å²) in [7, 11) is 2.86. The first kappa shape index (κ1) is 14.3. The van der Waals surface area contributed by atoms with E-state index in [0.717, 1.165) is 0 Å². The first-order valence-electron chi connectivity index (χ1n) is 5.31. The van der Waals surface area contributed by atoms with E-state index in [4.69, 9.17) is 14.2 Å². The van der Waals surface area contributed by atoms with E-state index in [1.165, 1.54) is 21.1 Å². The number of carbonyl (C=O) groups is 1. The molecule has 17 heavy (non-hydrogen) atoms. The van der Waals surface area contributed by atoms with E-state index in [9.17, 15) is 15.0 Å². The predicted molar refractivity (Wildman–Crippen MR) is 57.2 cm³/mol. The zero-order valence-corrected chi connectivity index (χ0v) is 10.1. The highest BCUT2D eigenvalue weighted by atomic mass is 16.6. The topological polar surface area (TPSA) is 97.2 Å². The Morgan fingerprint density at radius 3 is 2.53 bits per heavy atom. The molecule has 1 saturated heterocycles. The van der Waals surface area contributed by atoms with Crippen LogP contribution in [-0.4, -0.2) is 67.6 Å². The second-order valence-corrected chi connectivity index (χ2v) is 3.94. The number of carbonyl (C=O) groups excluding carboxylic acids is 1. The molecule has 0 spiro atoms. The number of nitrogens with one attached hydrogen (secondary N) is 1. The van der Waals surface area contributed by atoms with E-state index >= 15 is 0 Å². The fourth-order valence-electron chi connectivity index (χ4n) is 1.91. The highest BCUT2D eigenvalue weighted by Gasteiger charge is 2.45. The molecule has 0 radical (unpaired) electrons. The van der Waals surface area contributed by atoms with Crippen molar-refractivity contribution in [3.63, 3.8) is 0 Å². The molecule has 1 aliphatic heterocycles. The average Bonchev–Trinajstić information content (AvgIpc) is 2.25. The summed E-state index contributed by atoms with van der Waals surface area (Å²) in [5.41, 5.74) is 0. The summed E-state index contributed by atoms with van der Waals surface area (Å²) in [5, 5.41) is 22.2. The van der Waals surface area contributed by atoms with Crippen molar-refractivity contribution in [3.8, 4) is 0 Å². The van der Waals surface area contributed by atoms with Crippen LogP contribution in [0.1, 0.15) is 6.92 Å². The largest absolute Gasteiger partial charge is 0.388 e. The van der Waals surface area contributed by atoms with Crippen molar-refractivity contribution in [2.24, 2.45) is 0 Å². The number of rotatable bonds is 4. The summed E-state index contributed by atoms with van der Waals surface area (Å²) in [6.45, 7) is 1.44. The van der Waals surface area contributed by atoms with E-state index in [1.807, 2.05) is 0 Å². The molecule has 0 saturated carbocycles. The average molecular weight is 249 g/mol. The van der Waals surface area contributed by atoms with E-state index in [1.54, 1.807) is 0 Å². The van der Waals surface area contributed by atoms with E-state index in [-0.39, 0.29) is 12.5 Å². The van der Waals surface area contributed by atoms with E-state index < -0.39 is 30.6 Å². The standard InChI is InChI=1S/C10H19NO6/c1-5(12)11-7-9(16-3)8(13)6(4-15-2)17-10(7)14/h6-10,13-14H,4H2,1-3H3,(H,11,12)/t6-,7-,8+,9-,10+/m1/s1. The number of hydrogen-bond acceptors (Lipinski definition) is 6. The van der Waals surface area contributed by atoms with Crippen molar-refractivity contribution in [1.29, 1.82) is 0 Å². The molecule has 0 unspecified atom stereocenters. The van der Waals surface area contributed by atoms with Crippen molar-refractivity contribution in [2.75, 3.05) is 20.8 Å². The Hall–Kier alpha value is -0.730. The summed E-state index contributed by atoms with van der Waals surface area (Å²) >= 11 is 0. The molecule has 1 rings (SSSR count). The third kappa shape index (κ3) is 3.36. The summed E-state index contributed by atoms with van der Waals surface area (Å²) in [6.07, 6.45) is -3.67. The van der Waals surface area contributed by atoms with Gasteiger partial charge in [0.25, 0.3) is 0 Å². The Morgan fingerprint density at radius 2 is 2.06 bits per heavy atom. The molecule has 1 heterocycles. The molecule has 100 valence electrons. The molecule has 0 aromatic rings. The van der Waals surface area contributed by atoms with Crippen LogP contribution >= 0.6 is 0 Å². The van der Waals surface area contributed by atoms with E-state index in [0.29, 0.717) is 0 Å². The van der Waals surface area contributed by atoms with Gasteiger partial charge in [-0.25, -0.2) is 0 Å². The molecular formula is C10H19NO6. The van der Waals surface area contributed by atoms with Gasteiger partial charge in [-0.15, -0.1) is 0 Å². The summed E-state index contributed by atoms with van der Waals surface area (Å²) in [4.78, 5) is 11.0. The molecule has 0 aromatic heterocycles. The molecular weight excluding hydrogens is 230 g/mol. The lowest BCUT2D eigenvalue weighted by Gasteiger charge is -2.42. The highest BCUT2D eigenvalue weighted by Crippen LogP contribution is 2.22. The number of ether oxygens (including phenoxy) is 3. The van der Waals surface area contributed by atoms with Crippen molar-refractivity contribution in [3.05, 3.63) is 0 Å². The van der Waals surface area contributed by atoms with Crippen LogP contribution in [0, 0.1) is 0 Å². The zero-order chi connectivity index (χ0) is 13.0. The van der Waals surface area contributed by atoms with Crippen LogP contribution in [0.15, 0.2) is 0 Å². The number of aliphatic hydroxyl groups excluding tert-OH is 2. The first-order valence-corrected chi connectivity index (χ1v) is 5.31. The maximum absolute atomic E-state index is 11.0. The lowest BCUT2D eigenvalue weighted by Crippen LogP contribution is -2.64. The monoisotopic (exact) mass is 249 g/mol. The zero-order valence-electron chi connectivity index (χ0n) is 10.1. The van der Waals surface area contributed by atoms with Gasteiger partial charge in [-0.3, -0.25) is 4.79 Å². The van der Waals surface area contributed by atoms with Gasteiger partial charge in [0, 0.05) is 21.1 Å². The van der Waals surface area contributed by atoms with Gasteiger partial charge in [0.05, 0.1) is 6.61 Å². The second kappa shape index (κ2) is 6.27. The van der Waals surface area contributed by atoms with Crippen LogP contribution in [-0.2, 0) is 19.0 Å². The Kier molecular flexibility index (Phi) is 5.29. The van der Waals surface area contributed by atoms with Crippen LogP contribution in [0.2, 0.25) is 0 Å². The second-order valence-electron chi connectivity index (χ2n) is 3.94. The quantitative estimate of drug-likeness (QED) is 0.545. The SMILES string of the molecule is COC[C@H]1O[C@H](O)[C@H](NC(C)=O)[C@@H](OC)[C@H]1O. The fraction of sp³-hybridized carbons (Fsp3) is 0.900. The van der Waals surface area contributed by atoms with Gasteiger partial charge >= 0.3 is 0 Å². The minimum atomic E-state index is -1.24. The summed E-state index contributed by atoms with van der Waals surface area (Å²) < 4.78 is 15.1. The molecule has 5 atom stereocenters. The Bertz CT molecular complexity index is 261. The van der Waals surface area contributed by atoms with Crippen molar-refractivity contribution in [2.45, 2.75) is 37.6 Å². The minimum Gasteiger partial charge on any atom is -0.388 e. The first-order chi connectivity index (χ1) is 8.01. The van der Waals surface area contributed by atoms with Crippen LogP contribution < -0.4 is 5.32 Å². The Balaban J connectivity index is 2.76. The maximum atomic E-state index is 11.0. The number of aliphatic hydroxyl groups is 2. The third-order valence-corrected chi connectivity index (χ3v) is 2.67. The van der Waals surface area contributed by atoms with Gasteiger partial charge < -0.3 is 29.7 Å². The smallest absolute Gasteiger partial charge is 0.217 e. The molecule has 7 nitrogen and oxygen atoms in total. The molecule has 0 aromatic carbocycles. The van der Waals surface area contributed by atoms with Crippen molar-refractivity contribution < 1.29 is 29.2 Å². The van der Waals surface area contributed by atoms with E-state index in [2.05, 4.69) is 5.32 Å². The van der Waals surface area contributed by atoms with Gasteiger partial charge in [-0.05, 0) is 0 Å². The number of amides is 1. The number of methoxy groups -OCH3 is 2. The van der Waals surface area contributed by atoms with Gasteiger partial charge in [0.2, 0.25) is 5.91 Å².